The molecular formula is C11H13NO2. The van der Waals surface area contributed by atoms with Crippen LogP contribution < -0.4 is 5.32 Å². The Bertz CT molecular complexity index is 374. The van der Waals surface area contributed by atoms with Crippen LogP contribution >= 0.6 is 0 Å². The molecule has 2 rings (SSSR count). The van der Waals surface area contributed by atoms with E-state index in [1.54, 1.807) is 0 Å². The summed E-state index contributed by atoms with van der Waals surface area (Å²) >= 11 is 0. The Morgan fingerprint density at radius 3 is 3.07 bits per heavy atom. The number of esters is 1. The minimum absolute atomic E-state index is 0.196. The van der Waals surface area contributed by atoms with Crippen molar-refractivity contribution in [3.63, 3.8) is 0 Å². The molecule has 74 valence electrons. The van der Waals surface area contributed by atoms with Crippen LogP contribution in [0.25, 0.3) is 0 Å². The molecule has 0 saturated carbocycles. The largest absolute Gasteiger partial charge is 0.467 e. The summed E-state index contributed by atoms with van der Waals surface area (Å²) in [5, 5.41) is 3.14. The average Bonchev–Trinajstić information content (AvgIpc) is 2.59. The van der Waals surface area contributed by atoms with Crippen molar-refractivity contribution in [3.8, 4) is 0 Å². The summed E-state index contributed by atoms with van der Waals surface area (Å²) in [7, 11) is 1.41. The van der Waals surface area contributed by atoms with Crippen molar-refractivity contribution in [2.45, 2.75) is 19.4 Å². The van der Waals surface area contributed by atoms with Crippen LogP contribution in [0.5, 0.6) is 0 Å². The number of carbonyl (C=O) groups excluding carboxylic acids is 1. The van der Waals surface area contributed by atoms with Gasteiger partial charge in [0, 0.05) is 12.1 Å². The number of anilines is 1. The fourth-order valence-electron chi connectivity index (χ4n) is 1.78. The standard InChI is InChI=1S/C11H13NO2/c1-7-3-4-9-8(5-7)6-10(12-9)11(13)14-2/h3-5,10,12H,6H2,1-2H3/t10-/m1/s1. The molecule has 3 nitrogen and oxygen atoms in total. The smallest absolute Gasteiger partial charge is 0.328 e. The lowest BCUT2D eigenvalue weighted by Crippen LogP contribution is -2.27. The molecule has 14 heavy (non-hydrogen) atoms. The highest BCUT2D eigenvalue weighted by atomic mass is 16.5. The second-order valence-corrected chi connectivity index (χ2v) is 3.58. The van der Waals surface area contributed by atoms with Crippen LogP contribution in [0.3, 0.4) is 0 Å². The summed E-state index contributed by atoms with van der Waals surface area (Å²) < 4.78 is 4.69. The Morgan fingerprint density at radius 2 is 2.36 bits per heavy atom. The van der Waals surface area contributed by atoms with Gasteiger partial charge in [-0.25, -0.2) is 4.79 Å². The molecule has 1 atom stereocenters. The fourth-order valence-corrected chi connectivity index (χ4v) is 1.78. The summed E-state index contributed by atoms with van der Waals surface area (Å²) in [5.74, 6) is -0.196. The van der Waals surface area contributed by atoms with Gasteiger partial charge in [0.2, 0.25) is 0 Å². The molecule has 0 amide bonds. The van der Waals surface area contributed by atoms with Crippen molar-refractivity contribution in [3.05, 3.63) is 29.3 Å². The van der Waals surface area contributed by atoms with Gasteiger partial charge < -0.3 is 10.1 Å². The van der Waals surface area contributed by atoms with Gasteiger partial charge in [-0.1, -0.05) is 17.7 Å². The summed E-state index contributed by atoms with van der Waals surface area (Å²) in [5.41, 5.74) is 3.46. The topological polar surface area (TPSA) is 38.3 Å². The van der Waals surface area contributed by atoms with E-state index in [9.17, 15) is 4.79 Å². The highest BCUT2D eigenvalue weighted by molar-refractivity contribution is 5.82. The first kappa shape index (κ1) is 9.06. The maximum atomic E-state index is 11.3. The summed E-state index contributed by atoms with van der Waals surface area (Å²) in [4.78, 5) is 11.3. The summed E-state index contributed by atoms with van der Waals surface area (Å²) in [6.07, 6.45) is 0.726. The predicted molar refractivity (Wildman–Crippen MR) is 54.3 cm³/mol. The van der Waals surface area contributed by atoms with Gasteiger partial charge in [0.25, 0.3) is 0 Å². The lowest BCUT2D eigenvalue weighted by Gasteiger charge is -2.07. The van der Waals surface area contributed by atoms with Crippen LogP contribution in [0.15, 0.2) is 18.2 Å². The van der Waals surface area contributed by atoms with E-state index in [4.69, 9.17) is 4.74 Å². The number of rotatable bonds is 1. The Kier molecular flexibility index (Phi) is 2.15. The van der Waals surface area contributed by atoms with Crippen LogP contribution in [0, 0.1) is 6.92 Å². The molecule has 0 aliphatic carbocycles. The SMILES string of the molecule is COC(=O)[C@H]1Cc2cc(C)ccc2N1. The number of aryl methyl sites for hydroxylation is 1. The number of fused-ring (bicyclic) bond motifs is 1. The van der Waals surface area contributed by atoms with Gasteiger partial charge in [0.05, 0.1) is 7.11 Å². The molecule has 0 spiro atoms. The first-order valence-electron chi connectivity index (χ1n) is 4.64. The van der Waals surface area contributed by atoms with Gasteiger partial charge in [0.15, 0.2) is 0 Å². The number of carbonyl (C=O) groups is 1. The zero-order chi connectivity index (χ0) is 10.1. The van der Waals surface area contributed by atoms with Crippen LogP contribution in [0.2, 0.25) is 0 Å². The highest BCUT2D eigenvalue weighted by Crippen LogP contribution is 2.26. The van der Waals surface area contributed by atoms with Crippen molar-refractivity contribution in [1.29, 1.82) is 0 Å². The number of hydrogen-bond donors (Lipinski definition) is 1. The van der Waals surface area contributed by atoms with E-state index < -0.39 is 0 Å². The normalized spacial score (nSPS) is 18.6. The van der Waals surface area contributed by atoms with Crippen molar-refractivity contribution in [2.24, 2.45) is 0 Å². The Hall–Kier alpha value is -1.51. The van der Waals surface area contributed by atoms with E-state index in [1.807, 2.05) is 19.1 Å². The number of hydrogen-bond acceptors (Lipinski definition) is 3. The second-order valence-electron chi connectivity index (χ2n) is 3.58. The van der Waals surface area contributed by atoms with Crippen LogP contribution in [-0.2, 0) is 16.0 Å². The average molecular weight is 191 g/mol. The molecule has 0 radical (unpaired) electrons. The van der Waals surface area contributed by atoms with Gasteiger partial charge in [0.1, 0.15) is 6.04 Å². The molecule has 1 aromatic rings. The Morgan fingerprint density at radius 1 is 1.57 bits per heavy atom. The van der Waals surface area contributed by atoms with Gasteiger partial charge in [-0.15, -0.1) is 0 Å². The quantitative estimate of drug-likeness (QED) is 0.684. The van der Waals surface area contributed by atoms with Gasteiger partial charge in [-0.05, 0) is 18.6 Å². The number of ether oxygens (including phenoxy) is 1. The Labute approximate surface area is 83.1 Å². The maximum Gasteiger partial charge on any atom is 0.328 e. The maximum absolute atomic E-state index is 11.3. The second kappa shape index (κ2) is 3.33. The van der Waals surface area contributed by atoms with Crippen LogP contribution in [-0.4, -0.2) is 19.1 Å². The lowest BCUT2D eigenvalue weighted by atomic mass is 10.1. The number of nitrogens with one attached hydrogen (secondary N) is 1. The predicted octanol–water partition coefficient (Wildman–Crippen LogP) is 1.50. The van der Waals surface area contributed by atoms with E-state index in [0.29, 0.717) is 0 Å². The molecule has 1 aromatic carbocycles. The Balaban J connectivity index is 2.22. The lowest BCUT2D eigenvalue weighted by molar-refractivity contribution is -0.141. The first-order chi connectivity index (χ1) is 6.70. The minimum atomic E-state index is -0.211. The van der Waals surface area contributed by atoms with Crippen molar-refractivity contribution in [1.82, 2.24) is 0 Å². The summed E-state index contributed by atoms with van der Waals surface area (Å²) in [6, 6.07) is 5.93. The molecule has 0 aromatic heterocycles. The van der Waals surface area contributed by atoms with Crippen molar-refractivity contribution in [2.75, 3.05) is 12.4 Å². The first-order valence-corrected chi connectivity index (χ1v) is 4.64. The third kappa shape index (κ3) is 1.45. The van der Waals surface area contributed by atoms with Crippen LogP contribution in [0.4, 0.5) is 5.69 Å². The number of methoxy groups -OCH3 is 1. The molecule has 1 aliphatic heterocycles. The molecule has 0 bridgehead atoms. The molecule has 3 heteroatoms. The van der Waals surface area contributed by atoms with Gasteiger partial charge in [-0.3, -0.25) is 0 Å². The van der Waals surface area contributed by atoms with E-state index in [-0.39, 0.29) is 12.0 Å². The monoisotopic (exact) mass is 191 g/mol. The summed E-state index contributed by atoms with van der Waals surface area (Å²) in [6.45, 7) is 2.05. The van der Waals surface area contributed by atoms with E-state index in [0.717, 1.165) is 12.1 Å². The third-order valence-corrected chi connectivity index (χ3v) is 2.50. The fraction of sp³-hybridized carbons (Fsp3) is 0.364. The van der Waals surface area contributed by atoms with Gasteiger partial charge in [-0.2, -0.15) is 0 Å². The van der Waals surface area contributed by atoms with E-state index in [2.05, 4.69) is 11.4 Å². The van der Waals surface area contributed by atoms with Crippen molar-refractivity contribution >= 4 is 11.7 Å². The van der Waals surface area contributed by atoms with Gasteiger partial charge >= 0.3 is 5.97 Å². The molecular weight excluding hydrogens is 178 g/mol. The zero-order valence-corrected chi connectivity index (χ0v) is 8.33. The molecule has 1 heterocycles. The third-order valence-electron chi connectivity index (χ3n) is 2.50. The molecule has 1 N–H and O–H groups in total. The molecule has 0 fully saturated rings. The van der Waals surface area contributed by atoms with E-state index >= 15 is 0 Å². The molecule has 0 saturated heterocycles. The zero-order valence-electron chi connectivity index (χ0n) is 8.33. The number of benzene rings is 1. The molecule has 0 unspecified atom stereocenters. The van der Waals surface area contributed by atoms with Crippen LogP contribution in [0.1, 0.15) is 11.1 Å². The minimum Gasteiger partial charge on any atom is -0.467 e. The molecule has 1 aliphatic rings. The van der Waals surface area contributed by atoms with Crippen molar-refractivity contribution < 1.29 is 9.53 Å². The highest BCUT2D eigenvalue weighted by Gasteiger charge is 2.26. The van der Waals surface area contributed by atoms with E-state index in [1.165, 1.54) is 18.2 Å².